The number of hydrogen-bond acceptors (Lipinski definition) is 2. The molecule has 1 saturated carbocycles. The summed E-state index contributed by atoms with van der Waals surface area (Å²) in [5, 5.41) is 9.89. The Hall–Kier alpha value is -0.290. The van der Waals surface area contributed by atoms with Crippen LogP contribution >= 0.6 is 0 Å². The Labute approximate surface area is 87.4 Å². The molecule has 0 atom stereocenters. The quantitative estimate of drug-likeness (QED) is 0.801. The Kier molecular flexibility index (Phi) is 4.00. The minimum absolute atomic E-state index is 0.00702. The maximum atomic E-state index is 12.3. The molecule has 15 heavy (non-hydrogen) atoms. The molecule has 1 aliphatic carbocycles. The van der Waals surface area contributed by atoms with Crippen LogP contribution in [0.2, 0.25) is 0 Å². The molecule has 0 aromatic carbocycles. The summed E-state index contributed by atoms with van der Waals surface area (Å²) in [6.07, 6.45) is -3.75. The smallest absolute Gasteiger partial charge is 0.387 e. The van der Waals surface area contributed by atoms with Gasteiger partial charge in [0.1, 0.15) is 0 Å². The van der Waals surface area contributed by atoms with Crippen LogP contribution in [0.15, 0.2) is 0 Å². The summed E-state index contributed by atoms with van der Waals surface area (Å²) < 4.78 is 42.1. The zero-order valence-electron chi connectivity index (χ0n) is 8.81. The Morgan fingerprint density at radius 2 is 1.87 bits per heavy atom. The SMILES string of the molecule is CCOCC1(O)CCC(C(F)(F)F)CC1. The average molecular weight is 226 g/mol. The normalized spacial score (nSPS) is 33.0. The molecule has 1 aliphatic rings. The van der Waals surface area contributed by atoms with Gasteiger partial charge in [-0.1, -0.05) is 0 Å². The van der Waals surface area contributed by atoms with Crippen molar-refractivity contribution in [1.82, 2.24) is 0 Å². The van der Waals surface area contributed by atoms with Gasteiger partial charge in [0.25, 0.3) is 0 Å². The summed E-state index contributed by atoms with van der Waals surface area (Å²) in [7, 11) is 0. The third kappa shape index (κ3) is 3.65. The van der Waals surface area contributed by atoms with E-state index in [-0.39, 0.29) is 32.3 Å². The van der Waals surface area contributed by atoms with E-state index >= 15 is 0 Å². The molecule has 1 N–H and O–H groups in total. The minimum atomic E-state index is -4.12. The van der Waals surface area contributed by atoms with Gasteiger partial charge >= 0.3 is 6.18 Å². The van der Waals surface area contributed by atoms with Crippen LogP contribution in [0.5, 0.6) is 0 Å². The molecule has 0 spiro atoms. The number of alkyl halides is 3. The van der Waals surface area contributed by atoms with E-state index in [0.717, 1.165) is 0 Å². The van der Waals surface area contributed by atoms with Crippen molar-refractivity contribution in [2.75, 3.05) is 13.2 Å². The van der Waals surface area contributed by atoms with Crippen molar-refractivity contribution in [3.05, 3.63) is 0 Å². The lowest BCUT2D eigenvalue weighted by Gasteiger charge is -2.36. The van der Waals surface area contributed by atoms with E-state index in [1.54, 1.807) is 6.92 Å². The first-order valence-corrected chi connectivity index (χ1v) is 5.24. The van der Waals surface area contributed by atoms with E-state index in [4.69, 9.17) is 4.74 Å². The third-order valence-electron chi connectivity index (χ3n) is 2.95. The summed E-state index contributed by atoms with van der Waals surface area (Å²) in [5.74, 6) is -1.25. The van der Waals surface area contributed by atoms with Gasteiger partial charge in [-0.15, -0.1) is 0 Å². The number of halogens is 3. The second-order valence-corrected chi connectivity index (χ2v) is 4.18. The molecule has 0 saturated heterocycles. The molecule has 0 unspecified atom stereocenters. The van der Waals surface area contributed by atoms with Crippen LogP contribution in [0.3, 0.4) is 0 Å². The largest absolute Gasteiger partial charge is 0.391 e. The molecule has 5 heteroatoms. The van der Waals surface area contributed by atoms with Gasteiger partial charge in [-0.2, -0.15) is 13.2 Å². The number of aliphatic hydroxyl groups is 1. The van der Waals surface area contributed by atoms with Crippen LogP contribution in [-0.4, -0.2) is 30.1 Å². The van der Waals surface area contributed by atoms with Crippen molar-refractivity contribution in [2.24, 2.45) is 5.92 Å². The van der Waals surface area contributed by atoms with Crippen LogP contribution in [-0.2, 0) is 4.74 Å². The lowest BCUT2D eigenvalue weighted by atomic mass is 9.79. The van der Waals surface area contributed by atoms with E-state index in [1.807, 2.05) is 0 Å². The maximum absolute atomic E-state index is 12.3. The zero-order chi connectivity index (χ0) is 11.5. The first-order valence-electron chi connectivity index (χ1n) is 5.24. The van der Waals surface area contributed by atoms with Crippen molar-refractivity contribution in [3.8, 4) is 0 Å². The second kappa shape index (κ2) is 4.70. The van der Waals surface area contributed by atoms with Crippen LogP contribution in [0, 0.1) is 5.92 Å². The minimum Gasteiger partial charge on any atom is -0.387 e. The second-order valence-electron chi connectivity index (χ2n) is 4.18. The molecular weight excluding hydrogens is 209 g/mol. The van der Waals surface area contributed by atoms with Gasteiger partial charge in [0.15, 0.2) is 0 Å². The highest BCUT2D eigenvalue weighted by Gasteiger charge is 2.45. The first kappa shape index (κ1) is 12.8. The highest BCUT2D eigenvalue weighted by Crippen LogP contribution is 2.41. The molecule has 1 rings (SSSR count). The van der Waals surface area contributed by atoms with Crippen LogP contribution in [0.4, 0.5) is 13.2 Å². The van der Waals surface area contributed by atoms with Gasteiger partial charge in [-0.05, 0) is 32.6 Å². The predicted octanol–water partition coefficient (Wildman–Crippen LogP) is 2.51. The van der Waals surface area contributed by atoms with Crippen LogP contribution in [0.1, 0.15) is 32.6 Å². The number of hydrogen-bond donors (Lipinski definition) is 1. The van der Waals surface area contributed by atoms with Crippen LogP contribution < -0.4 is 0 Å². The van der Waals surface area contributed by atoms with Gasteiger partial charge in [-0.25, -0.2) is 0 Å². The fourth-order valence-electron chi connectivity index (χ4n) is 1.92. The Bertz CT molecular complexity index is 195. The number of rotatable bonds is 3. The van der Waals surface area contributed by atoms with Gasteiger partial charge < -0.3 is 9.84 Å². The monoisotopic (exact) mass is 226 g/mol. The molecule has 0 bridgehead atoms. The zero-order valence-corrected chi connectivity index (χ0v) is 8.81. The molecule has 0 amide bonds. The lowest BCUT2D eigenvalue weighted by Crippen LogP contribution is -2.41. The summed E-state index contributed by atoms with van der Waals surface area (Å²) in [6.45, 7) is 2.42. The molecule has 0 aromatic rings. The van der Waals surface area contributed by atoms with Crippen molar-refractivity contribution in [2.45, 2.75) is 44.4 Å². The summed E-state index contributed by atoms with van der Waals surface area (Å²) in [4.78, 5) is 0. The fraction of sp³-hybridized carbons (Fsp3) is 1.00. The van der Waals surface area contributed by atoms with Crippen molar-refractivity contribution in [3.63, 3.8) is 0 Å². The standard InChI is InChI=1S/C10H17F3O2/c1-2-15-7-9(14)5-3-8(4-6-9)10(11,12)13/h8,14H,2-7H2,1H3. The highest BCUT2D eigenvalue weighted by molar-refractivity contribution is 4.87. The van der Waals surface area contributed by atoms with E-state index in [9.17, 15) is 18.3 Å². The van der Waals surface area contributed by atoms with E-state index in [1.165, 1.54) is 0 Å². The van der Waals surface area contributed by atoms with Gasteiger partial charge in [0.2, 0.25) is 0 Å². The van der Waals surface area contributed by atoms with Gasteiger partial charge in [-0.3, -0.25) is 0 Å². The maximum Gasteiger partial charge on any atom is 0.391 e. The molecule has 0 heterocycles. The Morgan fingerprint density at radius 3 is 2.27 bits per heavy atom. The molecule has 0 aromatic heterocycles. The van der Waals surface area contributed by atoms with E-state index in [0.29, 0.717) is 6.61 Å². The molecule has 0 aliphatic heterocycles. The Morgan fingerprint density at radius 1 is 1.33 bits per heavy atom. The average Bonchev–Trinajstić information content (AvgIpc) is 2.14. The lowest BCUT2D eigenvalue weighted by molar-refractivity contribution is -0.195. The van der Waals surface area contributed by atoms with Crippen LogP contribution in [0.25, 0.3) is 0 Å². The summed E-state index contributed by atoms with van der Waals surface area (Å²) in [6, 6.07) is 0. The summed E-state index contributed by atoms with van der Waals surface area (Å²) in [5.41, 5.74) is -1.04. The highest BCUT2D eigenvalue weighted by atomic mass is 19.4. The van der Waals surface area contributed by atoms with Gasteiger partial charge in [0.05, 0.1) is 18.1 Å². The van der Waals surface area contributed by atoms with E-state index in [2.05, 4.69) is 0 Å². The topological polar surface area (TPSA) is 29.5 Å². The summed E-state index contributed by atoms with van der Waals surface area (Å²) >= 11 is 0. The Balaban J connectivity index is 2.41. The van der Waals surface area contributed by atoms with Crippen molar-refractivity contribution < 1.29 is 23.0 Å². The predicted molar refractivity (Wildman–Crippen MR) is 49.5 cm³/mol. The van der Waals surface area contributed by atoms with Crippen molar-refractivity contribution in [1.29, 1.82) is 0 Å². The molecule has 90 valence electrons. The molecule has 2 nitrogen and oxygen atoms in total. The molecule has 0 radical (unpaired) electrons. The molecule has 1 fully saturated rings. The fourth-order valence-corrected chi connectivity index (χ4v) is 1.92. The van der Waals surface area contributed by atoms with Crippen molar-refractivity contribution >= 4 is 0 Å². The first-order chi connectivity index (χ1) is 6.87. The molecular formula is C10H17F3O2. The number of ether oxygens (including phenoxy) is 1. The van der Waals surface area contributed by atoms with Gasteiger partial charge in [0, 0.05) is 6.61 Å². The van der Waals surface area contributed by atoms with E-state index < -0.39 is 17.7 Å². The third-order valence-corrected chi connectivity index (χ3v) is 2.95.